The minimum Gasteiger partial charge on any atom is -0.491 e. The Kier molecular flexibility index (Phi) is 9.53. The van der Waals surface area contributed by atoms with Gasteiger partial charge in [-0.05, 0) is 73.5 Å². The van der Waals surface area contributed by atoms with Crippen LogP contribution in [0, 0.1) is 5.82 Å². The fraction of sp³-hybridized carbons (Fsp3) is 0.214. The Bertz CT molecular complexity index is 1360. The SMILES string of the molecule is CCOC(=O)C(=Cc1ccc(OC(=O)c2ccc(OCCCC(F)(F)F)c(F)c2)cc1)c1ccc(N)cc1N. The lowest BCUT2D eigenvalue weighted by molar-refractivity contribution is -0.137. The molecule has 0 fully saturated rings. The molecule has 0 atom stereocenters. The monoisotopic (exact) mass is 546 g/mol. The second-order valence-corrected chi connectivity index (χ2v) is 8.30. The van der Waals surface area contributed by atoms with Crippen molar-refractivity contribution in [3.05, 3.63) is 83.2 Å². The van der Waals surface area contributed by atoms with Gasteiger partial charge in [0.2, 0.25) is 0 Å². The Morgan fingerprint density at radius 2 is 1.69 bits per heavy atom. The van der Waals surface area contributed by atoms with Gasteiger partial charge in [0.15, 0.2) is 11.6 Å². The summed E-state index contributed by atoms with van der Waals surface area (Å²) in [6.45, 7) is 1.51. The Labute approximate surface area is 222 Å². The van der Waals surface area contributed by atoms with Crippen LogP contribution in [0.5, 0.6) is 11.5 Å². The number of halogens is 4. The summed E-state index contributed by atoms with van der Waals surface area (Å²) in [5.74, 6) is -2.48. The predicted octanol–water partition coefficient (Wildman–Crippen LogP) is 6.03. The first kappa shape index (κ1) is 29.0. The normalized spacial score (nSPS) is 11.7. The van der Waals surface area contributed by atoms with E-state index in [1.807, 2.05) is 0 Å². The molecule has 3 rings (SSSR count). The van der Waals surface area contributed by atoms with E-state index < -0.39 is 30.4 Å². The van der Waals surface area contributed by atoms with Gasteiger partial charge in [0.1, 0.15) is 5.75 Å². The molecular formula is C28H26F4N2O5. The van der Waals surface area contributed by atoms with Gasteiger partial charge in [-0.25, -0.2) is 14.0 Å². The van der Waals surface area contributed by atoms with Crippen molar-refractivity contribution in [1.29, 1.82) is 0 Å². The number of benzene rings is 3. The molecule has 0 aromatic heterocycles. The third kappa shape index (κ3) is 8.49. The van der Waals surface area contributed by atoms with Gasteiger partial charge in [-0.1, -0.05) is 12.1 Å². The minimum atomic E-state index is -4.32. The van der Waals surface area contributed by atoms with E-state index in [1.54, 1.807) is 37.3 Å². The highest BCUT2D eigenvalue weighted by atomic mass is 19.4. The highest BCUT2D eigenvalue weighted by molar-refractivity contribution is 6.23. The van der Waals surface area contributed by atoms with Crippen LogP contribution >= 0.6 is 0 Å². The number of hydrogen-bond donors (Lipinski definition) is 2. The lowest BCUT2D eigenvalue weighted by Crippen LogP contribution is -2.11. The van der Waals surface area contributed by atoms with Gasteiger partial charge in [-0.3, -0.25) is 0 Å². The molecule has 0 heterocycles. The molecule has 0 aliphatic carbocycles. The van der Waals surface area contributed by atoms with Gasteiger partial charge in [-0.15, -0.1) is 0 Å². The summed E-state index contributed by atoms with van der Waals surface area (Å²) in [5, 5.41) is 0. The third-order valence-electron chi connectivity index (χ3n) is 5.29. The number of alkyl halides is 3. The average molecular weight is 547 g/mol. The number of nitrogen functional groups attached to an aromatic ring is 2. The fourth-order valence-electron chi connectivity index (χ4n) is 3.45. The number of hydrogen-bond acceptors (Lipinski definition) is 7. The number of carbonyl (C=O) groups is 2. The largest absolute Gasteiger partial charge is 0.491 e. The summed E-state index contributed by atoms with van der Waals surface area (Å²) in [6, 6.07) is 14.2. The smallest absolute Gasteiger partial charge is 0.389 e. The van der Waals surface area contributed by atoms with E-state index in [2.05, 4.69) is 0 Å². The molecule has 206 valence electrons. The molecule has 3 aromatic carbocycles. The van der Waals surface area contributed by atoms with Crippen LogP contribution in [0.2, 0.25) is 0 Å². The van der Waals surface area contributed by atoms with E-state index >= 15 is 0 Å². The molecule has 0 saturated heterocycles. The van der Waals surface area contributed by atoms with Crippen molar-refractivity contribution in [2.75, 3.05) is 24.7 Å². The number of carbonyl (C=O) groups excluding carboxylic acids is 2. The number of nitrogens with two attached hydrogens (primary N) is 2. The summed E-state index contributed by atoms with van der Waals surface area (Å²) >= 11 is 0. The second kappa shape index (κ2) is 12.8. The summed E-state index contributed by atoms with van der Waals surface area (Å²) in [4.78, 5) is 25.1. The quantitative estimate of drug-likeness (QED) is 0.0607. The number of ether oxygens (including phenoxy) is 3. The third-order valence-corrected chi connectivity index (χ3v) is 5.29. The Hall–Kier alpha value is -4.54. The average Bonchev–Trinajstić information content (AvgIpc) is 2.87. The van der Waals surface area contributed by atoms with Crippen LogP contribution in [0.3, 0.4) is 0 Å². The maximum absolute atomic E-state index is 14.3. The van der Waals surface area contributed by atoms with Crippen molar-refractivity contribution < 1.29 is 41.4 Å². The van der Waals surface area contributed by atoms with Crippen molar-refractivity contribution in [2.24, 2.45) is 0 Å². The molecule has 0 spiro atoms. The first-order chi connectivity index (χ1) is 18.5. The highest BCUT2D eigenvalue weighted by Crippen LogP contribution is 2.28. The molecule has 4 N–H and O–H groups in total. The van der Waals surface area contributed by atoms with Crippen LogP contribution in [-0.4, -0.2) is 31.3 Å². The van der Waals surface area contributed by atoms with Crippen LogP contribution < -0.4 is 20.9 Å². The van der Waals surface area contributed by atoms with Crippen molar-refractivity contribution in [3.8, 4) is 11.5 Å². The van der Waals surface area contributed by atoms with Crippen molar-refractivity contribution >= 4 is 35.0 Å². The molecule has 3 aromatic rings. The van der Waals surface area contributed by atoms with Gasteiger partial charge in [0.05, 0.1) is 24.4 Å². The van der Waals surface area contributed by atoms with E-state index in [1.165, 1.54) is 24.3 Å². The zero-order valence-corrected chi connectivity index (χ0v) is 20.9. The van der Waals surface area contributed by atoms with Gasteiger partial charge >= 0.3 is 18.1 Å². The molecule has 0 amide bonds. The molecule has 0 radical (unpaired) electrons. The molecule has 0 aliphatic heterocycles. The molecule has 0 saturated carbocycles. The topological polar surface area (TPSA) is 114 Å². The summed E-state index contributed by atoms with van der Waals surface area (Å²) in [6.07, 6.45) is -4.13. The van der Waals surface area contributed by atoms with Gasteiger partial charge < -0.3 is 25.7 Å². The van der Waals surface area contributed by atoms with Crippen LogP contribution in [0.25, 0.3) is 11.6 Å². The summed E-state index contributed by atoms with van der Waals surface area (Å²) in [7, 11) is 0. The lowest BCUT2D eigenvalue weighted by atomic mass is 10.0. The zero-order valence-electron chi connectivity index (χ0n) is 20.9. The van der Waals surface area contributed by atoms with Gasteiger partial charge in [0, 0.05) is 23.4 Å². The first-order valence-electron chi connectivity index (χ1n) is 11.8. The zero-order chi connectivity index (χ0) is 28.6. The van der Waals surface area contributed by atoms with Crippen molar-refractivity contribution in [2.45, 2.75) is 25.9 Å². The Morgan fingerprint density at radius 1 is 0.974 bits per heavy atom. The molecular weight excluding hydrogens is 520 g/mol. The Balaban J connectivity index is 1.70. The number of esters is 2. The van der Waals surface area contributed by atoms with Crippen LogP contribution in [0.1, 0.15) is 41.3 Å². The van der Waals surface area contributed by atoms with Crippen molar-refractivity contribution in [1.82, 2.24) is 0 Å². The molecule has 39 heavy (non-hydrogen) atoms. The fourth-order valence-corrected chi connectivity index (χ4v) is 3.45. The highest BCUT2D eigenvalue weighted by Gasteiger charge is 2.26. The summed E-state index contributed by atoms with van der Waals surface area (Å²) < 4.78 is 66.4. The standard InChI is InChI=1S/C28H26F4N2O5/c1-2-37-27(36)22(21-10-7-19(33)16-24(21)34)14-17-4-8-20(9-5-17)39-26(35)18-6-11-25(23(29)15-18)38-13-3-12-28(30,31)32/h4-11,14-16H,2-3,12-13,33-34H2,1H3. The summed E-state index contributed by atoms with van der Waals surface area (Å²) in [5.41, 5.74) is 13.6. The molecule has 0 unspecified atom stereocenters. The van der Waals surface area contributed by atoms with E-state index in [9.17, 15) is 27.2 Å². The second-order valence-electron chi connectivity index (χ2n) is 8.30. The van der Waals surface area contributed by atoms with E-state index in [-0.39, 0.29) is 42.3 Å². The number of anilines is 2. The molecule has 0 bridgehead atoms. The van der Waals surface area contributed by atoms with Crippen molar-refractivity contribution in [3.63, 3.8) is 0 Å². The van der Waals surface area contributed by atoms with E-state index in [0.29, 0.717) is 22.5 Å². The van der Waals surface area contributed by atoms with E-state index in [0.717, 1.165) is 12.1 Å². The molecule has 7 nitrogen and oxygen atoms in total. The molecule has 0 aliphatic rings. The van der Waals surface area contributed by atoms with Crippen LogP contribution in [-0.2, 0) is 9.53 Å². The lowest BCUT2D eigenvalue weighted by Gasteiger charge is -2.11. The Morgan fingerprint density at radius 3 is 2.31 bits per heavy atom. The first-order valence-corrected chi connectivity index (χ1v) is 11.8. The van der Waals surface area contributed by atoms with Crippen LogP contribution in [0.15, 0.2) is 60.7 Å². The van der Waals surface area contributed by atoms with Gasteiger partial charge in [-0.2, -0.15) is 13.2 Å². The maximum Gasteiger partial charge on any atom is 0.389 e. The number of rotatable bonds is 10. The minimum absolute atomic E-state index is 0.123. The van der Waals surface area contributed by atoms with E-state index in [4.69, 9.17) is 25.7 Å². The molecule has 11 heteroatoms. The van der Waals surface area contributed by atoms with Crippen LogP contribution in [0.4, 0.5) is 28.9 Å². The predicted molar refractivity (Wildman–Crippen MR) is 138 cm³/mol. The van der Waals surface area contributed by atoms with Gasteiger partial charge in [0.25, 0.3) is 0 Å². The maximum atomic E-state index is 14.3.